The number of amides is 2. The van der Waals surface area contributed by atoms with Gasteiger partial charge in [-0.05, 0) is 50.2 Å². The fraction of sp³-hybridized carbons (Fsp3) is 0.273. The molecule has 2 heterocycles. The molecule has 2 atom stereocenters. The number of urea groups is 1. The lowest BCUT2D eigenvalue weighted by molar-refractivity contribution is -0.0530. The number of benzene rings is 2. The third-order valence-corrected chi connectivity index (χ3v) is 4.64. The molecule has 0 radical (unpaired) electrons. The first-order valence-electron chi connectivity index (χ1n) is 9.41. The van der Waals surface area contributed by atoms with E-state index in [0.29, 0.717) is 24.6 Å². The summed E-state index contributed by atoms with van der Waals surface area (Å²) in [4.78, 5) is 18.7. The molecule has 1 aromatic heterocycles. The zero-order chi connectivity index (χ0) is 19.5. The molecule has 28 heavy (non-hydrogen) atoms. The van der Waals surface area contributed by atoms with Crippen molar-refractivity contribution in [3.63, 3.8) is 0 Å². The maximum atomic E-state index is 12.5. The van der Waals surface area contributed by atoms with Gasteiger partial charge in [-0.15, -0.1) is 0 Å². The maximum Gasteiger partial charge on any atom is 0.322 e. The molecule has 6 heteroatoms. The van der Waals surface area contributed by atoms with Crippen LogP contribution in [0.1, 0.15) is 13.8 Å². The summed E-state index contributed by atoms with van der Waals surface area (Å²) in [6.45, 7) is 5.13. The second-order valence-electron chi connectivity index (χ2n) is 7.05. The van der Waals surface area contributed by atoms with Gasteiger partial charge in [0.2, 0.25) is 0 Å². The Labute approximate surface area is 164 Å². The van der Waals surface area contributed by atoms with Gasteiger partial charge < -0.3 is 19.7 Å². The van der Waals surface area contributed by atoms with Gasteiger partial charge >= 0.3 is 6.03 Å². The summed E-state index contributed by atoms with van der Waals surface area (Å²) in [5, 5.41) is 3.96. The second-order valence-corrected chi connectivity index (χ2v) is 7.05. The first-order chi connectivity index (χ1) is 13.6. The minimum absolute atomic E-state index is 0.0413. The maximum absolute atomic E-state index is 12.5. The topological polar surface area (TPSA) is 63.7 Å². The monoisotopic (exact) mass is 377 g/mol. The van der Waals surface area contributed by atoms with E-state index >= 15 is 0 Å². The summed E-state index contributed by atoms with van der Waals surface area (Å²) < 4.78 is 11.7. The number of hydrogen-bond acceptors (Lipinski definition) is 4. The molecule has 6 nitrogen and oxygen atoms in total. The molecule has 0 saturated carbocycles. The zero-order valence-corrected chi connectivity index (χ0v) is 16.0. The average Bonchev–Trinajstić information content (AvgIpc) is 2.69. The molecule has 144 valence electrons. The van der Waals surface area contributed by atoms with Gasteiger partial charge in [-0.25, -0.2) is 4.79 Å². The Balaban J connectivity index is 1.43. The number of carbonyl (C=O) groups excluding carboxylic acids is 1. The molecule has 2 amide bonds. The van der Waals surface area contributed by atoms with E-state index in [-0.39, 0.29) is 18.2 Å². The zero-order valence-electron chi connectivity index (χ0n) is 16.0. The van der Waals surface area contributed by atoms with Gasteiger partial charge in [0.1, 0.15) is 11.3 Å². The number of anilines is 1. The van der Waals surface area contributed by atoms with Crippen LogP contribution in [0.2, 0.25) is 0 Å². The van der Waals surface area contributed by atoms with E-state index in [1.165, 1.54) is 0 Å². The fourth-order valence-corrected chi connectivity index (χ4v) is 3.44. The lowest BCUT2D eigenvalue weighted by Crippen LogP contribution is -2.49. The number of morpholine rings is 1. The number of para-hydroxylation sites is 1. The fourth-order valence-electron chi connectivity index (χ4n) is 3.44. The van der Waals surface area contributed by atoms with Crippen molar-refractivity contribution in [2.45, 2.75) is 26.1 Å². The summed E-state index contributed by atoms with van der Waals surface area (Å²) in [6, 6.07) is 17.0. The molecule has 1 fully saturated rings. The molecule has 1 aliphatic heterocycles. The van der Waals surface area contributed by atoms with Crippen LogP contribution in [0.3, 0.4) is 0 Å². The van der Waals surface area contributed by atoms with Crippen LogP contribution in [-0.4, -0.2) is 41.2 Å². The average molecular weight is 377 g/mol. The summed E-state index contributed by atoms with van der Waals surface area (Å²) in [7, 11) is 0. The lowest BCUT2D eigenvalue weighted by atomic mass is 10.2. The van der Waals surface area contributed by atoms with E-state index < -0.39 is 0 Å². The molecule has 1 aliphatic rings. The number of ether oxygens (including phenoxy) is 2. The number of hydrogen-bond donors (Lipinski definition) is 1. The molecule has 2 aromatic carbocycles. The van der Waals surface area contributed by atoms with Crippen molar-refractivity contribution in [1.29, 1.82) is 0 Å². The third-order valence-electron chi connectivity index (χ3n) is 4.64. The molecule has 0 unspecified atom stereocenters. The Bertz CT molecular complexity index is 959. The molecule has 0 bridgehead atoms. The van der Waals surface area contributed by atoms with Crippen molar-refractivity contribution in [1.82, 2.24) is 9.88 Å². The van der Waals surface area contributed by atoms with Crippen molar-refractivity contribution in [2.75, 3.05) is 18.4 Å². The van der Waals surface area contributed by atoms with Crippen LogP contribution in [-0.2, 0) is 4.74 Å². The SMILES string of the molecule is C[C@H]1CN(C(=O)Nc2ccc(Oc3cccc4cccnc34)cc2)C[C@H](C)O1. The van der Waals surface area contributed by atoms with Crippen LogP contribution in [0.5, 0.6) is 11.5 Å². The van der Waals surface area contributed by atoms with Gasteiger partial charge in [0.15, 0.2) is 5.75 Å². The highest BCUT2D eigenvalue weighted by Crippen LogP contribution is 2.29. The molecule has 0 spiro atoms. The lowest BCUT2D eigenvalue weighted by Gasteiger charge is -2.35. The van der Waals surface area contributed by atoms with Gasteiger partial charge in [0.25, 0.3) is 0 Å². The largest absolute Gasteiger partial charge is 0.455 e. The van der Waals surface area contributed by atoms with Crippen molar-refractivity contribution in [3.8, 4) is 11.5 Å². The van der Waals surface area contributed by atoms with Crippen LogP contribution in [0, 0.1) is 0 Å². The van der Waals surface area contributed by atoms with E-state index in [2.05, 4.69) is 10.3 Å². The Morgan fingerprint density at radius 2 is 1.79 bits per heavy atom. The Hall–Kier alpha value is -3.12. The molecule has 4 rings (SSSR count). The smallest absolute Gasteiger partial charge is 0.322 e. The number of rotatable bonds is 3. The van der Waals surface area contributed by atoms with E-state index in [1.807, 2.05) is 68.4 Å². The van der Waals surface area contributed by atoms with Crippen molar-refractivity contribution in [3.05, 3.63) is 60.8 Å². The van der Waals surface area contributed by atoms with Crippen LogP contribution in [0.4, 0.5) is 10.5 Å². The highest BCUT2D eigenvalue weighted by atomic mass is 16.5. The van der Waals surface area contributed by atoms with Crippen LogP contribution < -0.4 is 10.1 Å². The van der Waals surface area contributed by atoms with Crippen LogP contribution >= 0.6 is 0 Å². The van der Waals surface area contributed by atoms with E-state index in [1.54, 1.807) is 11.1 Å². The Kier molecular flexibility index (Phi) is 5.12. The minimum atomic E-state index is -0.117. The third kappa shape index (κ3) is 4.07. The Morgan fingerprint density at radius 3 is 2.54 bits per heavy atom. The van der Waals surface area contributed by atoms with Gasteiger partial charge in [-0.1, -0.05) is 18.2 Å². The van der Waals surface area contributed by atoms with Gasteiger partial charge in [0, 0.05) is 30.4 Å². The number of aromatic nitrogens is 1. The summed E-state index contributed by atoms with van der Waals surface area (Å²) in [5.74, 6) is 1.39. The van der Waals surface area contributed by atoms with E-state index in [0.717, 1.165) is 16.6 Å². The number of nitrogens with one attached hydrogen (secondary N) is 1. The van der Waals surface area contributed by atoms with Gasteiger partial charge in [-0.3, -0.25) is 4.98 Å². The second kappa shape index (κ2) is 7.86. The molecular formula is C22H23N3O3. The molecule has 1 N–H and O–H groups in total. The van der Waals surface area contributed by atoms with Gasteiger partial charge in [0.05, 0.1) is 12.2 Å². The van der Waals surface area contributed by atoms with Crippen molar-refractivity contribution < 1.29 is 14.3 Å². The minimum Gasteiger partial charge on any atom is -0.455 e. The standard InChI is InChI=1S/C22H23N3O3/c1-15-13-25(14-16(2)27-15)22(26)24-18-8-10-19(11-9-18)28-20-7-3-5-17-6-4-12-23-21(17)20/h3-12,15-16H,13-14H2,1-2H3,(H,24,26)/t15-,16-/m0/s1. The quantitative estimate of drug-likeness (QED) is 0.720. The number of nitrogens with zero attached hydrogens (tertiary/aromatic N) is 2. The predicted octanol–water partition coefficient (Wildman–Crippen LogP) is 4.67. The van der Waals surface area contributed by atoms with E-state index in [4.69, 9.17) is 9.47 Å². The normalized spacial score (nSPS) is 19.4. The number of fused-ring (bicyclic) bond motifs is 1. The van der Waals surface area contributed by atoms with E-state index in [9.17, 15) is 4.79 Å². The first kappa shape index (κ1) is 18.3. The number of pyridine rings is 1. The molecule has 3 aromatic rings. The first-order valence-corrected chi connectivity index (χ1v) is 9.41. The summed E-state index contributed by atoms with van der Waals surface area (Å²) >= 11 is 0. The van der Waals surface area contributed by atoms with Crippen molar-refractivity contribution in [2.24, 2.45) is 0 Å². The van der Waals surface area contributed by atoms with Crippen LogP contribution in [0.25, 0.3) is 10.9 Å². The molecule has 0 aliphatic carbocycles. The summed E-state index contributed by atoms with van der Waals surface area (Å²) in [6.07, 6.45) is 1.83. The predicted molar refractivity (Wildman–Crippen MR) is 109 cm³/mol. The highest BCUT2D eigenvalue weighted by molar-refractivity contribution is 5.89. The molecular weight excluding hydrogens is 354 g/mol. The highest BCUT2D eigenvalue weighted by Gasteiger charge is 2.25. The number of carbonyl (C=O) groups is 1. The summed E-state index contributed by atoms with van der Waals surface area (Å²) in [5.41, 5.74) is 1.54. The van der Waals surface area contributed by atoms with Gasteiger partial charge in [-0.2, -0.15) is 0 Å². The van der Waals surface area contributed by atoms with Crippen molar-refractivity contribution >= 4 is 22.6 Å². The molecule has 1 saturated heterocycles. The van der Waals surface area contributed by atoms with Crippen LogP contribution in [0.15, 0.2) is 60.8 Å². The Morgan fingerprint density at radius 1 is 1.07 bits per heavy atom.